The van der Waals surface area contributed by atoms with Gasteiger partial charge in [-0.2, -0.15) is 16.8 Å². The topological polar surface area (TPSA) is 215 Å². The van der Waals surface area contributed by atoms with Crippen LogP contribution in [0.25, 0.3) is 33.5 Å². The van der Waals surface area contributed by atoms with Gasteiger partial charge < -0.3 is 10.7 Å². The predicted octanol–water partition coefficient (Wildman–Crippen LogP) is 3.71. The van der Waals surface area contributed by atoms with Crippen molar-refractivity contribution in [1.29, 1.82) is 0 Å². The number of halogens is 1. The van der Waals surface area contributed by atoms with Gasteiger partial charge in [-0.05, 0) is 50.2 Å². The molecule has 0 bridgehead atoms. The normalized spacial score (nSPS) is 12.5. The van der Waals surface area contributed by atoms with Gasteiger partial charge in [-0.3, -0.25) is 9.11 Å². The summed E-state index contributed by atoms with van der Waals surface area (Å²) in [4.78, 5) is 12.4. The average molecular weight is 648 g/mol. The maximum Gasteiger partial charge on any atom is 0.261 e. The number of aromatic nitrogens is 4. The van der Waals surface area contributed by atoms with Gasteiger partial charge in [-0.25, -0.2) is 26.7 Å². The molecule has 0 fully saturated rings. The Bertz CT molecular complexity index is 1850. The summed E-state index contributed by atoms with van der Waals surface area (Å²) in [5.41, 5.74) is 9.41. The number of imidazole rings is 2. The summed E-state index contributed by atoms with van der Waals surface area (Å²) in [7, 11) is -11.0. The van der Waals surface area contributed by atoms with Crippen molar-refractivity contribution in [2.24, 2.45) is 0 Å². The summed E-state index contributed by atoms with van der Waals surface area (Å²) >= 11 is 0. The molecule has 0 spiro atoms. The molecule has 4 aromatic rings. The van der Waals surface area contributed by atoms with Crippen molar-refractivity contribution >= 4 is 47.2 Å². The molecule has 2 aromatic heterocycles. The number of anilines is 1. The van der Waals surface area contributed by atoms with E-state index in [1.807, 2.05) is 26.8 Å². The Hall–Kier alpha value is -3.38. The highest BCUT2D eigenvalue weighted by atomic mass is 32.2. The smallest absolute Gasteiger partial charge is 0.261 e. The van der Waals surface area contributed by atoms with E-state index in [2.05, 4.69) is 9.97 Å². The molecule has 0 aliphatic carbocycles. The summed E-state index contributed by atoms with van der Waals surface area (Å²) in [5.74, 6) is 0.349. The van der Waals surface area contributed by atoms with E-state index in [0.717, 1.165) is 21.1 Å². The highest BCUT2D eigenvalue weighted by molar-refractivity contribution is 7.90. The summed E-state index contributed by atoms with van der Waals surface area (Å²) in [6.45, 7) is 9.32. The van der Waals surface area contributed by atoms with Crippen LogP contribution in [0.2, 0.25) is 0 Å². The van der Waals surface area contributed by atoms with Crippen molar-refractivity contribution in [3.05, 3.63) is 54.1 Å². The minimum Gasteiger partial charge on any atom is -0.368 e. The van der Waals surface area contributed by atoms with Crippen LogP contribution in [-0.4, -0.2) is 71.0 Å². The van der Waals surface area contributed by atoms with Gasteiger partial charge in [-0.1, -0.05) is 26.8 Å². The number of benzene rings is 2. The van der Waals surface area contributed by atoms with Crippen molar-refractivity contribution in [2.75, 3.05) is 18.2 Å². The van der Waals surface area contributed by atoms with Crippen LogP contribution >= 0.6 is 0 Å². The molecule has 0 radical (unpaired) electrons. The molecule has 17 heteroatoms. The molecule has 13 nitrogen and oxygen atoms in total. The predicted molar refractivity (Wildman–Crippen MR) is 160 cm³/mol. The second-order valence-electron chi connectivity index (χ2n) is 10.6. The zero-order chi connectivity index (χ0) is 32.4. The van der Waals surface area contributed by atoms with E-state index in [1.165, 1.54) is 12.1 Å². The Morgan fingerprint density at radius 3 is 1.81 bits per heavy atom. The molecule has 5 N–H and O–H groups in total. The van der Waals surface area contributed by atoms with E-state index in [0.29, 0.717) is 34.8 Å². The molecule has 42 heavy (non-hydrogen) atoms. The number of aromatic amines is 1. The van der Waals surface area contributed by atoms with Crippen LogP contribution in [0.5, 0.6) is 0 Å². The summed E-state index contributed by atoms with van der Waals surface area (Å²) in [6.07, 6.45) is 1.43. The lowest BCUT2D eigenvalue weighted by atomic mass is 9.96. The molecule has 0 amide bonds. The minimum absolute atomic E-state index is 0.0815. The maximum absolute atomic E-state index is 13.5. The Balaban J connectivity index is 0.000000533. The number of nitrogens with two attached hydrogens (primary N) is 1. The first kappa shape index (κ1) is 34.8. The molecule has 0 atom stereocenters. The van der Waals surface area contributed by atoms with Gasteiger partial charge in [0.15, 0.2) is 0 Å². The van der Waals surface area contributed by atoms with Crippen LogP contribution in [0.3, 0.4) is 0 Å². The first-order chi connectivity index (χ1) is 18.9. The first-order valence-corrected chi connectivity index (χ1v) is 17.3. The molecule has 232 valence electrons. The fourth-order valence-corrected chi connectivity index (χ4v) is 4.60. The SMILES string of the molecule is CC(C)S(=O)(=O)n1c(N)nc2ccc(-c3nc(C(C)(C)C)[nH]c3-c3ccc(F)cc3)cc21.CS(=O)(=O)O.CS(=O)(=O)O. The van der Waals surface area contributed by atoms with Gasteiger partial charge in [0.2, 0.25) is 16.0 Å². The van der Waals surface area contributed by atoms with Gasteiger partial charge in [0.1, 0.15) is 11.6 Å². The van der Waals surface area contributed by atoms with Crippen LogP contribution in [-0.2, 0) is 35.7 Å². The number of hydrogen-bond donors (Lipinski definition) is 4. The molecule has 0 saturated carbocycles. The van der Waals surface area contributed by atoms with E-state index in [4.69, 9.17) is 19.8 Å². The minimum atomic E-state index is -3.72. The summed E-state index contributed by atoms with van der Waals surface area (Å²) < 4.78 is 92.2. The molecule has 4 rings (SSSR count). The molecule has 0 aliphatic rings. The van der Waals surface area contributed by atoms with Crippen molar-refractivity contribution in [2.45, 2.75) is 45.3 Å². The Kier molecular flexibility index (Phi) is 10.3. The largest absolute Gasteiger partial charge is 0.368 e. The average Bonchev–Trinajstić information content (AvgIpc) is 3.38. The van der Waals surface area contributed by atoms with Crippen molar-refractivity contribution in [1.82, 2.24) is 18.9 Å². The van der Waals surface area contributed by atoms with Crippen molar-refractivity contribution < 1.29 is 38.7 Å². The quantitative estimate of drug-likeness (QED) is 0.234. The van der Waals surface area contributed by atoms with E-state index in [9.17, 15) is 29.6 Å². The lowest BCUT2D eigenvalue weighted by Gasteiger charge is -2.14. The summed E-state index contributed by atoms with van der Waals surface area (Å²) in [6, 6.07) is 11.4. The van der Waals surface area contributed by atoms with Gasteiger partial charge in [-0.15, -0.1) is 0 Å². The standard InChI is InChI=1S/C23H26FN5O2S.2CH4O3S/c1-13(2)32(30,31)29-18-12-15(8-11-17(18)26-22(29)25)20-19(14-6-9-16(24)10-7-14)27-21(28-20)23(3,4)5;2*1-5(2,3)4/h6-13H,1-5H3,(H2,25,26)(H,27,28);2*1H3,(H,2,3,4). The lowest BCUT2D eigenvalue weighted by Crippen LogP contribution is -2.23. The fourth-order valence-electron chi connectivity index (χ4n) is 3.46. The zero-order valence-corrected chi connectivity index (χ0v) is 26.4. The van der Waals surface area contributed by atoms with Crippen LogP contribution in [0.4, 0.5) is 10.3 Å². The zero-order valence-electron chi connectivity index (χ0n) is 24.0. The Labute approximate surface area is 244 Å². The maximum atomic E-state index is 13.5. The van der Waals surface area contributed by atoms with Gasteiger partial charge in [0, 0.05) is 16.5 Å². The molecule has 2 heterocycles. The number of rotatable bonds is 4. The van der Waals surface area contributed by atoms with Crippen molar-refractivity contribution in [3.63, 3.8) is 0 Å². The van der Waals surface area contributed by atoms with Gasteiger partial charge in [0.05, 0.1) is 40.2 Å². The number of nitrogen functional groups attached to an aromatic ring is 1. The number of nitrogens with one attached hydrogen (secondary N) is 1. The monoisotopic (exact) mass is 647 g/mol. The Morgan fingerprint density at radius 2 is 1.36 bits per heavy atom. The van der Waals surface area contributed by atoms with Crippen LogP contribution in [0.15, 0.2) is 42.5 Å². The first-order valence-electron chi connectivity index (χ1n) is 12.1. The van der Waals surface area contributed by atoms with Crippen molar-refractivity contribution in [3.8, 4) is 22.5 Å². The number of H-pyrrole nitrogens is 1. The molecule has 0 aliphatic heterocycles. The van der Waals surface area contributed by atoms with E-state index in [1.54, 1.807) is 38.1 Å². The molecule has 0 unspecified atom stereocenters. The lowest BCUT2D eigenvalue weighted by molar-refractivity contribution is 0.488. The second-order valence-corrected chi connectivity index (χ2v) is 15.8. The highest BCUT2D eigenvalue weighted by Crippen LogP contribution is 2.35. The second kappa shape index (κ2) is 12.5. The fraction of sp³-hybridized carbons (Fsp3) is 0.360. The number of nitrogens with zero attached hydrogens (tertiary/aromatic N) is 3. The van der Waals surface area contributed by atoms with Crippen LogP contribution in [0.1, 0.15) is 40.4 Å². The molecule has 2 aromatic carbocycles. The third-order valence-corrected chi connectivity index (χ3v) is 7.39. The van der Waals surface area contributed by atoms with Crippen LogP contribution in [0, 0.1) is 5.82 Å². The molecular weight excluding hydrogens is 614 g/mol. The Morgan fingerprint density at radius 1 is 0.881 bits per heavy atom. The van der Waals surface area contributed by atoms with Gasteiger partial charge >= 0.3 is 0 Å². The van der Waals surface area contributed by atoms with E-state index in [-0.39, 0.29) is 17.2 Å². The summed E-state index contributed by atoms with van der Waals surface area (Å²) in [5, 5.41) is -0.668. The van der Waals surface area contributed by atoms with E-state index >= 15 is 0 Å². The van der Waals surface area contributed by atoms with E-state index < -0.39 is 35.5 Å². The molecular formula is C25H34FN5O8S3. The number of hydrogen-bond acceptors (Lipinski definition) is 9. The third-order valence-electron chi connectivity index (χ3n) is 5.31. The van der Waals surface area contributed by atoms with Crippen LogP contribution < -0.4 is 5.73 Å². The highest BCUT2D eigenvalue weighted by Gasteiger charge is 2.26. The molecule has 0 saturated heterocycles. The van der Waals surface area contributed by atoms with Gasteiger partial charge in [0.25, 0.3) is 20.2 Å². The number of fused-ring (bicyclic) bond motifs is 1. The third kappa shape index (κ3) is 9.59.